The normalized spacial score (nSPS) is 12.6. The Labute approximate surface area is 107 Å². The summed E-state index contributed by atoms with van der Waals surface area (Å²) >= 11 is 0. The Morgan fingerprint density at radius 3 is 2.00 bits per heavy atom. The van der Waals surface area contributed by atoms with Gasteiger partial charge in [0.1, 0.15) is 0 Å². The minimum atomic E-state index is -0.250. The SMILES string of the molecule is CCC(C)(C)C(=O)NCCN(C(C)C)C(C)C. The van der Waals surface area contributed by atoms with Crippen molar-refractivity contribution in [3.8, 4) is 0 Å². The smallest absolute Gasteiger partial charge is 0.225 e. The number of amides is 1. The maximum absolute atomic E-state index is 11.9. The van der Waals surface area contributed by atoms with Gasteiger partial charge in [0.15, 0.2) is 0 Å². The number of nitrogens with zero attached hydrogens (tertiary/aromatic N) is 1. The lowest BCUT2D eigenvalue weighted by Crippen LogP contribution is -2.44. The molecule has 0 bridgehead atoms. The van der Waals surface area contributed by atoms with Gasteiger partial charge in [0.2, 0.25) is 5.91 Å². The molecule has 1 N–H and O–H groups in total. The summed E-state index contributed by atoms with van der Waals surface area (Å²) in [7, 11) is 0. The third kappa shape index (κ3) is 5.53. The Morgan fingerprint density at radius 2 is 1.65 bits per heavy atom. The molecule has 0 radical (unpaired) electrons. The van der Waals surface area contributed by atoms with Gasteiger partial charge in [0.25, 0.3) is 0 Å². The van der Waals surface area contributed by atoms with Gasteiger partial charge in [-0.15, -0.1) is 0 Å². The molecule has 0 aliphatic rings. The second-order valence-electron chi connectivity index (χ2n) is 5.92. The van der Waals surface area contributed by atoms with Crippen LogP contribution >= 0.6 is 0 Å². The molecule has 3 heteroatoms. The van der Waals surface area contributed by atoms with E-state index in [0.29, 0.717) is 12.1 Å². The van der Waals surface area contributed by atoms with Crippen LogP contribution in [-0.4, -0.2) is 36.0 Å². The number of hydrogen-bond acceptors (Lipinski definition) is 2. The highest BCUT2D eigenvalue weighted by molar-refractivity contribution is 5.81. The molecular formula is C14H30N2O. The molecule has 0 rings (SSSR count). The van der Waals surface area contributed by atoms with E-state index < -0.39 is 0 Å². The highest BCUT2D eigenvalue weighted by Crippen LogP contribution is 2.19. The average Bonchev–Trinajstić information content (AvgIpc) is 2.22. The van der Waals surface area contributed by atoms with Crippen molar-refractivity contribution in [2.24, 2.45) is 5.41 Å². The molecule has 0 fully saturated rings. The van der Waals surface area contributed by atoms with Gasteiger partial charge in [-0.1, -0.05) is 20.8 Å². The zero-order valence-electron chi connectivity index (χ0n) is 12.6. The van der Waals surface area contributed by atoms with E-state index in [4.69, 9.17) is 0 Å². The zero-order chi connectivity index (χ0) is 13.6. The van der Waals surface area contributed by atoms with Gasteiger partial charge in [-0.2, -0.15) is 0 Å². The third-order valence-corrected chi connectivity index (χ3v) is 3.48. The number of hydrogen-bond donors (Lipinski definition) is 1. The van der Waals surface area contributed by atoms with E-state index in [9.17, 15) is 4.79 Å². The molecule has 17 heavy (non-hydrogen) atoms. The topological polar surface area (TPSA) is 32.3 Å². The number of carbonyl (C=O) groups is 1. The van der Waals surface area contributed by atoms with Crippen molar-refractivity contribution in [3.63, 3.8) is 0 Å². The van der Waals surface area contributed by atoms with E-state index >= 15 is 0 Å². The van der Waals surface area contributed by atoms with E-state index in [1.807, 2.05) is 20.8 Å². The van der Waals surface area contributed by atoms with Crippen LogP contribution in [0.25, 0.3) is 0 Å². The van der Waals surface area contributed by atoms with Crippen molar-refractivity contribution in [2.45, 2.75) is 67.0 Å². The number of carbonyl (C=O) groups excluding carboxylic acids is 1. The van der Waals surface area contributed by atoms with Crippen LogP contribution in [0.15, 0.2) is 0 Å². The second kappa shape index (κ2) is 7.00. The van der Waals surface area contributed by atoms with Gasteiger partial charge in [0.05, 0.1) is 0 Å². The van der Waals surface area contributed by atoms with E-state index in [0.717, 1.165) is 19.5 Å². The Kier molecular flexibility index (Phi) is 6.76. The number of nitrogens with one attached hydrogen (secondary N) is 1. The summed E-state index contributed by atoms with van der Waals surface area (Å²) in [6, 6.07) is 1.04. The minimum absolute atomic E-state index is 0.160. The second-order valence-corrected chi connectivity index (χ2v) is 5.92. The van der Waals surface area contributed by atoms with Crippen molar-refractivity contribution < 1.29 is 4.79 Å². The third-order valence-electron chi connectivity index (χ3n) is 3.48. The summed E-state index contributed by atoms with van der Waals surface area (Å²) in [5.41, 5.74) is -0.250. The monoisotopic (exact) mass is 242 g/mol. The van der Waals surface area contributed by atoms with Gasteiger partial charge in [-0.25, -0.2) is 0 Å². The van der Waals surface area contributed by atoms with Gasteiger partial charge < -0.3 is 5.32 Å². The molecule has 1 amide bonds. The highest BCUT2D eigenvalue weighted by Gasteiger charge is 2.24. The molecule has 3 nitrogen and oxygen atoms in total. The molecule has 0 aliphatic heterocycles. The van der Waals surface area contributed by atoms with Crippen LogP contribution in [0.2, 0.25) is 0 Å². The Balaban J connectivity index is 4.10. The van der Waals surface area contributed by atoms with Crippen LogP contribution in [0.1, 0.15) is 54.9 Å². The molecule has 0 saturated carbocycles. The van der Waals surface area contributed by atoms with Gasteiger partial charge >= 0.3 is 0 Å². The number of rotatable bonds is 7. The van der Waals surface area contributed by atoms with Gasteiger partial charge in [-0.3, -0.25) is 9.69 Å². The summed E-state index contributed by atoms with van der Waals surface area (Å²) in [5, 5.41) is 3.03. The largest absolute Gasteiger partial charge is 0.354 e. The van der Waals surface area contributed by atoms with Crippen LogP contribution in [0, 0.1) is 5.41 Å². The first kappa shape index (κ1) is 16.4. The van der Waals surface area contributed by atoms with Crippen LogP contribution in [0.5, 0.6) is 0 Å². The molecule has 102 valence electrons. The zero-order valence-corrected chi connectivity index (χ0v) is 12.6. The fourth-order valence-electron chi connectivity index (χ4n) is 1.81. The molecule has 0 unspecified atom stereocenters. The van der Waals surface area contributed by atoms with Crippen molar-refractivity contribution in [1.82, 2.24) is 10.2 Å². The molecule has 0 aromatic rings. The first-order valence-electron chi connectivity index (χ1n) is 6.76. The Morgan fingerprint density at radius 1 is 1.18 bits per heavy atom. The van der Waals surface area contributed by atoms with Crippen LogP contribution < -0.4 is 5.32 Å². The molecule has 0 saturated heterocycles. The van der Waals surface area contributed by atoms with Crippen molar-refractivity contribution >= 4 is 5.91 Å². The van der Waals surface area contributed by atoms with E-state index in [-0.39, 0.29) is 11.3 Å². The predicted octanol–water partition coefficient (Wildman–Crippen LogP) is 2.66. The minimum Gasteiger partial charge on any atom is -0.354 e. The lowest BCUT2D eigenvalue weighted by molar-refractivity contribution is -0.129. The average molecular weight is 242 g/mol. The summed E-state index contributed by atoms with van der Waals surface area (Å²) < 4.78 is 0. The predicted molar refractivity (Wildman–Crippen MR) is 74.1 cm³/mol. The lowest BCUT2D eigenvalue weighted by Gasteiger charge is -2.31. The molecule has 0 aromatic carbocycles. The fraction of sp³-hybridized carbons (Fsp3) is 0.929. The van der Waals surface area contributed by atoms with E-state index in [1.165, 1.54) is 0 Å². The molecule has 0 heterocycles. The maximum atomic E-state index is 11.9. The van der Waals surface area contributed by atoms with Crippen molar-refractivity contribution in [3.05, 3.63) is 0 Å². The van der Waals surface area contributed by atoms with Crippen LogP contribution in [0.3, 0.4) is 0 Å². The molecule has 0 spiro atoms. The van der Waals surface area contributed by atoms with Gasteiger partial charge in [-0.05, 0) is 34.1 Å². The summed E-state index contributed by atoms with van der Waals surface area (Å²) in [6.07, 6.45) is 0.872. The summed E-state index contributed by atoms with van der Waals surface area (Å²) in [5.74, 6) is 0.160. The quantitative estimate of drug-likeness (QED) is 0.744. The first-order chi connectivity index (χ1) is 7.72. The van der Waals surface area contributed by atoms with Gasteiger partial charge in [0, 0.05) is 30.6 Å². The highest BCUT2D eigenvalue weighted by atomic mass is 16.2. The summed E-state index contributed by atoms with van der Waals surface area (Å²) in [4.78, 5) is 14.3. The Bertz CT molecular complexity index is 226. The van der Waals surface area contributed by atoms with Crippen LogP contribution in [-0.2, 0) is 4.79 Å². The fourth-order valence-corrected chi connectivity index (χ4v) is 1.81. The molecular weight excluding hydrogens is 212 g/mol. The molecule has 0 atom stereocenters. The first-order valence-corrected chi connectivity index (χ1v) is 6.76. The molecule has 0 aromatic heterocycles. The maximum Gasteiger partial charge on any atom is 0.225 e. The van der Waals surface area contributed by atoms with E-state index in [1.54, 1.807) is 0 Å². The van der Waals surface area contributed by atoms with Crippen molar-refractivity contribution in [2.75, 3.05) is 13.1 Å². The standard InChI is InChI=1S/C14H30N2O/c1-8-14(6,7)13(17)15-9-10-16(11(2)3)12(4)5/h11-12H,8-10H2,1-7H3,(H,15,17). The molecule has 0 aliphatic carbocycles. The van der Waals surface area contributed by atoms with Crippen molar-refractivity contribution in [1.29, 1.82) is 0 Å². The Hall–Kier alpha value is -0.570. The summed E-state index contributed by atoms with van der Waals surface area (Å²) in [6.45, 7) is 16.5. The van der Waals surface area contributed by atoms with Crippen LogP contribution in [0.4, 0.5) is 0 Å². The van der Waals surface area contributed by atoms with E-state index in [2.05, 4.69) is 37.9 Å². The lowest BCUT2D eigenvalue weighted by atomic mass is 9.89.